The predicted octanol–water partition coefficient (Wildman–Crippen LogP) is 1.49. The zero-order valence-corrected chi connectivity index (χ0v) is 10.5. The molecule has 1 aliphatic rings. The molecule has 3 nitrogen and oxygen atoms in total. The molecule has 0 aromatic carbocycles. The van der Waals surface area contributed by atoms with Gasteiger partial charge in [-0.2, -0.15) is 0 Å². The molecule has 1 N–H and O–H groups in total. The number of piperidine rings is 1. The van der Waals surface area contributed by atoms with E-state index in [4.69, 9.17) is 4.74 Å². The van der Waals surface area contributed by atoms with E-state index < -0.39 is 0 Å². The molecule has 0 aliphatic carbocycles. The van der Waals surface area contributed by atoms with Crippen LogP contribution in [0.1, 0.15) is 33.6 Å². The van der Waals surface area contributed by atoms with Gasteiger partial charge in [0, 0.05) is 19.1 Å². The van der Waals surface area contributed by atoms with Crippen molar-refractivity contribution < 1.29 is 4.74 Å². The zero-order valence-electron chi connectivity index (χ0n) is 10.5. The van der Waals surface area contributed by atoms with Crippen LogP contribution in [0, 0.1) is 0 Å². The molecule has 3 heteroatoms. The Hall–Kier alpha value is -0.120. The van der Waals surface area contributed by atoms with Gasteiger partial charge >= 0.3 is 0 Å². The van der Waals surface area contributed by atoms with Crippen LogP contribution >= 0.6 is 0 Å². The van der Waals surface area contributed by atoms with Crippen molar-refractivity contribution in [2.75, 3.05) is 32.8 Å². The minimum absolute atomic E-state index is 0.441. The Morgan fingerprint density at radius 3 is 2.53 bits per heavy atom. The van der Waals surface area contributed by atoms with Crippen LogP contribution in [0.4, 0.5) is 0 Å². The second-order valence-corrected chi connectivity index (χ2v) is 4.41. The van der Waals surface area contributed by atoms with E-state index in [-0.39, 0.29) is 0 Å². The van der Waals surface area contributed by atoms with Crippen LogP contribution in [-0.2, 0) is 4.74 Å². The first kappa shape index (κ1) is 12.9. The molecule has 0 spiro atoms. The van der Waals surface area contributed by atoms with Crippen LogP contribution in [0.3, 0.4) is 0 Å². The molecule has 0 amide bonds. The SMILES string of the molecule is CCN(CC)CCOC1CCC(C)NC1. The third-order valence-corrected chi connectivity index (χ3v) is 3.27. The van der Waals surface area contributed by atoms with Gasteiger partial charge in [-0.15, -0.1) is 0 Å². The quantitative estimate of drug-likeness (QED) is 0.725. The van der Waals surface area contributed by atoms with E-state index in [1.807, 2.05) is 0 Å². The summed E-state index contributed by atoms with van der Waals surface area (Å²) >= 11 is 0. The monoisotopic (exact) mass is 214 g/mol. The first-order valence-corrected chi connectivity index (χ1v) is 6.33. The molecular weight excluding hydrogens is 188 g/mol. The third kappa shape index (κ3) is 4.96. The molecule has 1 aliphatic heterocycles. The highest BCUT2D eigenvalue weighted by molar-refractivity contribution is 4.75. The maximum Gasteiger partial charge on any atom is 0.0700 e. The van der Waals surface area contributed by atoms with Crippen LogP contribution < -0.4 is 5.32 Å². The average molecular weight is 214 g/mol. The molecule has 0 radical (unpaired) electrons. The fraction of sp³-hybridized carbons (Fsp3) is 1.00. The van der Waals surface area contributed by atoms with Crippen LogP contribution in [-0.4, -0.2) is 49.8 Å². The van der Waals surface area contributed by atoms with Gasteiger partial charge in [0.25, 0.3) is 0 Å². The minimum atomic E-state index is 0.441. The number of ether oxygens (including phenoxy) is 1. The van der Waals surface area contributed by atoms with E-state index in [0.29, 0.717) is 12.1 Å². The van der Waals surface area contributed by atoms with Crippen LogP contribution in [0.15, 0.2) is 0 Å². The standard InChI is InChI=1S/C12H26N2O/c1-4-14(5-2)8-9-15-12-7-6-11(3)13-10-12/h11-13H,4-10H2,1-3H3. The maximum absolute atomic E-state index is 5.86. The first-order valence-electron chi connectivity index (χ1n) is 6.33. The largest absolute Gasteiger partial charge is 0.376 e. The molecule has 90 valence electrons. The normalized spacial score (nSPS) is 27.2. The summed E-state index contributed by atoms with van der Waals surface area (Å²) in [4.78, 5) is 2.40. The summed E-state index contributed by atoms with van der Waals surface area (Å²) in [5.74, 6) is 0. The second-order valence-electron chi connectivity index (χ2n) is 4.41. The highest BCUT2D eigenvalue weighted by atomic mass is 16.5. The molecule has 1 saturated heterocycles. The van der Waals surface area contributed by atoms with Gasteiger partial charge in [0.2, 0.25) is 0 Å². The van der Waals surface area contributed by atoms with E-state index in [9.17, 15) is 0 Å². The Kier molecular flexibility index (Phi) is 6.22. The lowest BCUT2D eigenvalue weighted by molar-refractivity contribution is 0.0197. The lowest BCUT2D eigenvalue weighted by Crippen LogP contribution is -2.41. The Morgan fingerprint density at radius 1 is 1.27 bits per heavy atom. The molecular formula is C12H26N2O. The van der Waals surface area contributed by atoms with Crippen LogP contribution in [0.5, 0.6) is 0 Å². The van der Waals surface area contributed by atoms with Crippen molar-refractivity contribution in [3.8, 4) is 0 Å². The number of likely N-dealkylation sites (N-methyl/N-ethyl adjacent to an activating group) is 1. The summed E-state index contributed by atoms with van der Waals surface area (Å²) in [5.41, 5.74) is 0. The molecule has 15 heavy (non-hydrogen) atoms. The Balaban J connectivity index is 2.04. The van der Waals surface area contributed by atoms with Crippen molar-refractivity contribution >= 4 is 0 Å². The average Bonchev–Trinajstić information content (AvgIpc) is 2.27. The Morgan fingerprint density at radius 2 is 2.00 bits per heavy atom. The lowest BCUT2D eigenvalue weighted by Gasteiger charge is -2.28. The van der Waals surface area contributed by atoms with Gasteiger partial charge in [-0.05, 0) is 32.9 Å². The Bertz CT molecular complexity index is 152. The van der Waals surface area contributed by atoms with Gasteiger partial charge < -0.3 is 15.0 Å². The molecule has 0 aromatic rings. The van der Waals surface area contributed by atoms with Gasteiger partial charge in [-0.1, -0.05) is 13.8 Å². The third-order valence-electron chi connectivity index (χ3n) is 3.27. The zero-order chi connectivity index (χ0) is 11.1. The van der Waals surface area contributed by atoms with E-state index in [0.717, 1.165) is 32.8 Å². The summed E-state index contributed by atoms with van der Waals surface area (Å²) in [7, 11) is 0. The molecule has 0 saturated carbocycles. The van der Waals surface area contributed by atoms with E-state index in [1.165, 1.54) is 12.8 Å². The summed E-state index contributed by atoms with van der Waals surface area (Å²) in [6.45, 7) is 11.9. The number of nitrogens with one attached hydrogen (secondary N) is 1. The first-order chi connectivity index (χ1) is 7.26. The highest BCUT2D eigenvalue weighted by Gasteiger charge is 2.17. The van der Waals surface area contributed by atoms with Gasteiger partial charge in [0.15, 0.2) is 0 Å². The van der Waals surface area contributed by atoms with Crippen LogP contribution in [0.2, 0.25) is 0 Å². The summed E-state index contributed by atoms with van der Waals surface area (Å²) in [6.07, 6.45) is 2.90. The van der Waals surface area contributed by atoms with Gasteiger partial charge in [0.05, 0.1) is 12.7 Å². The number of rotatable bonds is 6. The van der Waals surface area contributed by atoms with E-state index in [1.54, 1.807) is 0 Å². The number of hydrogen-bond acceptors (Lipinski definition) is 3. The molecule has 0 bridgehead atoms. The van der Waals surface area contributed by atoms with E-state index in [2.05, 4.69) is 31.0 Å². The van der Waals surface area contributed by atoms with Crippen molar-refractivity contribution in [1.82, 2.24) is 10.2 Å². The highest BCUT2D eigenvalue weighted by Crippen LogP contribution is 2.10. The van der Waals surface area contributed by atoms with E-state index >= 15 is 0 Å². The van der Waals surface area contributed by atoms with Gasteiger partial charge in [-0.3, -0.25) is 0 Å². The molecule has 1 heterocycles. The number of hydrogen-bond donors (Lipinski definition) is 1. The number of nitrogens with zero attached hydrogens (tertiary/aromatic N) is 1. The lowest BCUT2D eigenvalue weighted by atomic mass is 10.0. The fourth-order valence-electron chi connectivity index (χ4n) is 2.00. The topological polar surface area (TPSA) is 24.5 Å². The molecule has 2 unspecified atom stereocenters. The molecule has 0 aromatic heterocycles. The summed E-state index contributed by atoms with van der Waals surface area (Å²) in [6, 6.07) is 0.674. The molecule has 1 fully saturated rings. The molecule has 1 rings (SSSR count). The molecule has 2 atom stereocenters. The van der Waals surface area contributed by atoms with Crippen molar-refractivity contribution in [1.29, 1.82) is 0 Å². The summed E-state index contributed by atoms with van der Waals surface area (Å²) < 4.78 is 5.86. The predicted molar refractivity (Wildman–Crippen MR) is 64.2 cm³/mol. The van der Waals surface area contributed by atoms with Crippen molar-refractivity contribution in [3.05, 3.63) is 0 Å². The van der Waals surface area contributed by atoms with Crippen LogP contribution in [0.25, 0.3) is 0 Å². The fourth-order valence-corrected chi connectivity index (χ4v) is 2.00. The minimum Gasteiger partial charge on any atom is -0.376 e. The smallest absolute Gasteiger partial charge is 0.0700 e. The maximum atomic E-state index is 5.86. The van der Waals surface area contributed by atoms with Crippen molar-refractivity contribution in [3.63, 3.8) is 0 Å². The Labute approximate surface area is 94.2 Å². The van der Waals surface area contributed by atoms with Crippen molar-refractivity contribution in [2.45, 2.75) is 45.8 Å². The van der Waals surface area contributed by atoms with Crippen molar-refractivity contribution in [2.24, 2.45) is 0 Å². The van der Waals surface area contributed by atoms with Gasteiger partial charge in [0.1, 0.15) is 0 Å². The summed E-state index contributed by atoms with van der Waals surface area (Å²) in [5, 5.41) is 3.46. The van der Waals surface area contributed by atoms with Gasteiger partial charge in [-0.25, -0.2) is 0 Å². The second kappa shape index (κ2) is 7.20.